The predicted molar refractivity (Wildman–Crippen MR) is 115 cm³/mol. The van der Waals surface area contributed by atoms with Crippen LogP contribution in [0.5, 0.6) is 0 Å². The lowest BCUT2D eigenvalue weighted by Gasteiger charge is -2.55. The second-order valence-corrected chi connectivity index (χ2v) is 9.29. The van der Waals surface area contributed by atoms with Gasteiger partial charge in [0.2, 0.25) is 11.9 Å². The van der Waals surface area contributed by atoms with Gasteiger partial charge in [0, 0.05) is 23.9 Å². The van der Waals surface area contributed by atoms with E-state index in [1.807, 2.05) is 4.90 Å². The molecule has 0 saturated heterocycles. The Balaban J connectivity index is 1.67. The molecule has 2 heterocycles. The Hall–Kier alpha value is -2.24. The molecule has 3 aliphatic rings. The topological polar surface area (TPSA) is 51.0 Å². The van der Waals surface area contributed by atoms with E-state index in [9.17, 15) is 9.18 Å². The molecule has 2 atom stereocenters. The van der Waals surface area contributed by atoms with Crippen LogP contribution in [-0.4, -0.2) is 26.7 Å². The van der Waals surface area contributed by atoms with E-state index in [1.54, 1.807) is 12.1 Å². The van der Waals surface area contributed by atoms with Crippen LogP contribution in [0.3, 0.4) is 0 Å². The van der Waals surface area contributed by atoms with Gasteiger partial charge in [-0.3, -0.25) is 9.69 Å². The highest BCUT2D eigenvalue weighted by Gasteiger charge is 2.54. The highest BCUT2D eigenvalue weighted by Crippen LogP contribution is 2.53. The molecular formula is C24H31FN4O. The van der Waals surface area contributed by atoms with Crippen molar-refractivity contribution in [2.24, 2.45) is 5.92 Å². The van der Waals surface area contributed by atoms with Gasteiger partial charge in [-0.15, -0.1) is 5.10 Å². The number of benzene rings is 1. The van der Waals surface area contributed by atoms with E-state index in [2.05, 4.69) is 11.6 Å². The Labute approximate surface area is 177 Å². The molecule has 2 fully saturated rings. The number of nitrogens with zero attached hydrogens (tertiary/aromatic N) is 4. The van der Waals surface area contributed by atoms with E-state index < -0.39 is 0 Å². The van der Waals surface area contributed by atoms with Gasteiger partial charge in [0.25, 0.3) is 0 Å². The molecule has 0 bridgehead atoms. The number of aromatic nitrogens is 3. The molecule has 160 valence electrons. The smallest absolute Gasteiger partial charge is 0.231 e. The summed E-state index contributed by atoms with van der Waals surface area (Å²) in [4.78, 5) is 20.2. The minimum atomic E-state index is -0.266. The van der Waals surface area contributed by atoms with Crippen LogP contribution in [0.2, 0.25) is 0 Å². The zero-order chi connectivity index (χ0) is 20.7. The third kappa shape index (κ3) is 3.07. The maximum atomic E-state index is 13.5. The van der Waals surface area contributed by atoms with E-state index >= 15 is 0 Å². The molecule has 5 rings (SSSR count). The van der Waals surface area contributed by atoms with Gasteiger partial charge in [0.05, 0.1) is 5.54 Å². The lowest BCUT2D eigenvalue weighted by atomic mass is 9.64. The van der Waals surface area contributed by atoms with Gasteiger partial charge < -0.3 is 0 Å². The number of carbonyl (C=O) groups excluding carboxylic acids is 1. The minimum absolute atomic E-state index is 0.0348. The second-order valence-electron chi connectivity index (χ2n) is 9.29. The molecule has 6 heteroatoms. The molecule has 5 nitrogen and oxygen atoms in total. The van der Waals surface area contributed by atoms with Crippen LogP contribution in [0, 0.1) is 11.7 Å². The standard InChI is InChI=1S/C24H31FN4O/c1-2-8-21(30)28-20-10-5-4-9-19(20)24(15-6-3-7-16-24)29-23(28)26-22(27-29)17-11-13-18(25)14-12-17/h11-14,19-20H,2-10,15-16H2,1H3. The molecule has 2 unspecified atom stereocenters. The number of carbonyl (C=O) groups is 1. The highest BCUT2D eigenvalue weighted by molar-refractivity contribution is 5.93. The molecule has 2 aliphatic carbocycles. The summed E-state index contributed by atoms with van der Waals surface area (Å²) < 4.78 is 15.6. The number of anilines is 1. The number of amides is 1. The molecule has 2 aromatic rings. The molecule has 2 saturated carbocycles. The Bertz CT molecular complexity index is 916. The van der Waals surface area contributed by atoms with Crippen molar-refractivity contribution >= 4 is 11.9 Å². The van der Waals surface area contributed by atoms with Crippen molar-refractivity contribution in [3.63, 3.8) is 0 Å². The fourth-order valence-electron chi connectivity index (χ4n) is 6.21. The van der Waals surface area contributed by atoms with Crippen molar-refractivity contribution in [2.75, 3.05) is 4.90 Å². The minimum Gasteiger partial charge on any atom is -0.277 e. The van der Waals surface area contributed by atoms with Crippen LogP contribution >= 0.6 is 0 Å². The summed E-state index contributed by atoms with van der Waals surface area (Å²) in [6.45, 7) is 2.05. The van der Waals surface area contributed by atoms with Gasteiger partial charge in [0.15, 0.2) is 5.82 Å². The average Bonchev–Trinajstić information content (AvgIpc) is 3.21. The summed E-state index contributed by atoms with van der Waals surface area (Å²) >= 11 is 0. The Morgan fingerprint density at radius 1 is 1.10 bits per heavy atom. The Kier molecular flexibility index (Phi) is 5.11. The monoisotopic (exact) mass is 410 g/mol. The maximum absolute atomic E-state index is 13.5. The van der Waals surface area contributed by atoms with Crippen molar-refractivity contribution in [1.29, 1.82) is 0 Å². The van der Waals surface area contributed by atoms with Crippen LogP contribution in [0.15, 0.2) is 24.3 Å². The first-order valence-corrected chi connectivity index (χ1v) is 11.7. The first kappa shape index (κ1) is 19.7. The largest absolute Gasteiger partial charge is 0.277 e. The van der Waals surface area contributed by atoms with Gasteiger partial charge in [-0.25, -0.2) is 9.07 Å². The molecule has 1 spiro atoms. The zero-order valence-electron chi connectivity index (χ0n) is 17.8. The second kappa shape index (κ2) is 7.78. The number of halogens is 1. The van der Waals surface area contributed by atoms with Crippen molar-refractivity contribution in [3.8, 4) is 11.4 Å². The van der Waals surface area contributed by atoms with E-state index in [0.29, 0.717) is 18.2 Å². The molecule has 0 N–H and O–H groups in total. The van der Waals surface area contributed by atoms with E-state index in [4.69, 9.17) is 10.1 Å². The summed E-state index contributed by atoms with van der Waals surface area (Å²) in [5, 5.41) is 5.00. The lowest BCUT2D eigenvalue weighted by molar-refractivity contribution is -0.121. The molecule has 1 amide bonds. The number of fused-ring (bicyclic) bond motifs is 4. The van der Waals surface area contributed by atoms with Gasteiger partial charge in [-0.1, -0.05) is 39.0 Å². The number of rotatable bonds is 3. The zero-order valence-corrected chi connectivity index (χ0v) is 17.8. The maximum Gasteiger partial charge on any atom is 0.231 e. The Morgan fingerprint density at radius 3 is 2.57 bits per heavy atom. The fraction of sp³-hybridized carbons (Fsp3) is 0.625. The van der Waals surface area contributed by atoms with Crippen LogP contribution in [0.1, 0.15) is 77.6 Å². The van der Waals surface area contributed by atoms with Gasteiger partial charge in [0.1, 0.15) is 5.82 Å². The summed E-state index contributed by atoms with van der Waals surface area (Å²) in [5.41, 5.74) is 0.766. The SMILES string of the molecule is CCCC(=O)N1c2nc(-c3ccc(F)cc3)nn2C2(CCCCC2)C2CCCCC21. The fourth-order valence-corrected chi connectivity index (χ4v) is 6.21. The van der Waals surface area contributed by atoms with E-state index in [0.717, 1.165) is 43.6 Å². The highest BCUT2D eigenvalue weighted by atomic mass is 19.1. The van der Waals surface area contributed by atoms with Crippen molar-refractivity contribution in [3.05, 3.63) is 30.1 Å². The number of hydrogen-bond donors (Lipinski definition) is 0. The van der Waals surface area contributed by atoms with Crippen LogP contribution < -0.4 is 4.90 Å². The first-order chi connectivity index (χ1) is 14.6. The first-order valence-electron chi connectivity index (χ1n) is 11.7. The average molecular weight is 411 g/mol. The molecule has 1 aliphatic heterocycles. The van der Waals surface area contributed by atoms with Crippen molar-refractivity contribution < 1.29 is 9.18 Å². The van der Waals surface area contributed by atoms with Crippen LogP contribution in [0.25, 0.3) is 11.4 Å². The molecule has 30 heavy (non-hydrogen) atoms. The van der Waals surface area contributed by atoms with Gasteiger partial charge in [-0.2, -0.15) is 4.98 Å². The molecule has 1 aromatic carbocycles. The molecular weight excluding hydrogens is 379 g/mol. The third-order valence-electron chi connectivity index (χ3n) is 7.53. The van der Waals surface area contributed by atoms with Gasteiger partial charge >= 0.3 is 0 Å². The Morgan fingerprint density at radius 2 is 1.83 bits per heavy atom. The summed E-state index contributed by atoms with van der Waals surface area (Å²) in [6.07, 6.45) is 11.9. The normalized spacial score (nSPS) is 25.1. The van der Waals surface area contributed by atoms with E-state index in [-0.39, 0.29) is 23.3 Å². The van der Waals surface area contributed by atoms with E-state index in [1.165, 1.54) is 44.2 Å². The van der Waals surface area contributed by atoms with Crippen molar-refractivity contribution in [2.45, 2.75) is 89.1 Å². The predicted octanol–water partition coefficient (Wildman–Crippen LogP) is 5.45. The summed E-state index contributed by atoms with van der Waals surface area (Å²) in [5.74, 6) is 1.67. The van der Waals surface area contributed by atoms with Crippen LogP contribution in [-0.2, 0) is 10.3 Å². The quantitative estimate of drug-likeness (QED) is 0.676. The van der Waals surface area contributed by atoms with Crippen LogP contribution in [0.4, 0.5) is 10.3 Å². The lowest BCUT2D eigenvalue weighted by Crippen LogP contribution is -2.61. The molecule has 1 aromatic heterocycles. The summed E-state index contributed by atoms with van der Waals surface area (Å²) in [6, 6.07) is 6.59. The molecule has 0 radical (unpaired) electrons. The van der Waals surface area contributed by atoms with Crippen molar-refractivity contribution in [1.82, 2.24) is 14.8 Å². The number of hydrogen-bond acceptors (Lipinski definition) is 3. The third-order valence-corrected chi connectivity index (χ3v) is 7.53. The summed E-state index contributed by atoms with van der Waals surface area (Å²) in [7, 11) is 0. The van der Waals surface area contributed by atoms with Gasteiger partial charge in [-0.05, 0) is 56.4 Å².